The molecule has 0 aliphatic carbocycles. The molecule has 1 aromatic heterocycles. The second-order valence-electron chi connectivity index (χ2n) is 5.13. The van der Waals surface area contributed by atoms with Gasteiger partial charge in [0.05, 0.1) is 12.5 Å². The van der Waals surface area contributed by atoms with Crippen molar-refractivity contribution in [1.29, 1.82) is 0 Å². The number of rotatable bonds is 2. The van der Waals surface area contributed by atoms with Gasteiger partial charge in [-0.05, 0) is 19.1 Å². The maximum atomic E-state index is 13.4. The van der Waals surface area contributed by atoms with Gasteiger partial charge in [0.25, 0.3) is 0 Å². The van der Waals surface area contributed by atoms with Crippen LogP contribution in [0.1, 0.15) is 15.9 Å². The fourth-order valence-corrected chi connectivity index (χ4v) is 2.36. The monoisotopic (exact) mass is 312 g/mol. The van der Waals surface area contributed by atoms with Gasteiger partial charge in [-0.1, -0.05) is 29.8 Å². The van der Waals surface area contributed by atoms with Crippen LogP contribution in [0.3, 0.4) is 0 Å². The lowest BCUT2D eigenvalue weighted by Crippen LogP contribution is -2.18. The quantitative estimate of drug-likeness (QED) is 0.677. The summed E-state index contributed by atoms with van der Waals surface area (Å²) in [4.78, 5) is 24.7. The molecule has 116 valence electrons. The largest absolute Gasteiger partial charge is 0.465 e. The third kappa shape index (κ3) is 2.61. The Hall–Kier alpha value is -2.95. The number of ether oxygens (including phenoxy) is 1. The van der Waals surface area contributed by atoms with E-state index in [-0.39, 0.29) is 22.3 Å². The zero-order chi connectivity index (χ0) is 16.6. The predicted octanol–water partition coefficient (Wildman–Crippen LogP) is 3.69. The summed E-state index contributed by atoms with van der Waals surface area (Å²) in [5, 5.41) is 0.127. The van der Waals surface area contributed by atoms with Crippen molar-refractivity contribution in [3.05, 3.63) is 69.6 Å². The zero-order valence-corrected chi connectivity index (χ0v) is 12.6. The number of halogens is 1. The van der Waals surface area contributed by atoms with Gasteiger partial charge in [-0.25, -0.2) is 9.18 Å². The Kier molecular flexibility index (Phi) is 3.70. The van der Waals surface area contributed by atoms with Gasteiger partial charge >= 0.3 is 5.97 Å². The molecule has 0 unspecified atom stereocenters. The first-order chi connectivity index (χ1) is 11.0. The molecule has 0 bridgehead atoms. The molecule has 0 aliphatic rings. The Bertz CT molecular complexity index is 955. The lowest BCUT2D eigenvalue weighted by atomic mass is 10.0. The summed E-state index contributed by atoms with van der Waals surface area (Å²) in [5.41, 5.74) is 0.893. The summed E-state index contributed by atoms with van der Waals surface area (Å²) >= 11 is 0. The molecule has 0 radical (unpaired) electrons. The van der Waals surface area contributed by atoms with E-state index in [2.05, 4.69) is 0 Å². The number of aryl methyl sites for hydroxylation is 1. The summed E-state index contributed by atoms with van der Waals surface area (Å²) in [5.74, 6) is -1.25. The molecular formula is C18H13FO4. The predicted molar refractivity (Wildman–Crippen MR) is 84.0 cm³/mol. The molecule has 3 rings (SSSR count). The van der Waals surface area contributed by atoms with Crippen LogP contribution in [-0.2, 0) is 4.74 Å². The van der Waals surface area contributed by atoms with Crippen LogP contribution in [-0.4, -0.2) is 13.1 Å². The van der Waals surface area contributed by atoms with Crippen molar-refractivity contribution < 1.29 is 18.3 Å². The molecule has 23 heavy (non-hydrogen) atoms. The molecule has 1 heterocycles. The lowest BCUT2D eigenvalue weighted by molar-refractivity contribution is 0.0598. The van der Waals surface area contributed by atoms with Crippen LogP contribution in [0, 0.1) is 12.7 Å². The Morgan fingerprint density at radius 3 is 2.48 bits per heavy atom. The Morgan fingerprint density at radius 1 is 1.13 bits per heavy atom. The molecule has 0 saturated heterocycles. The molecule has 0 atom stereocenters. The third-order valence-electron chi connectivity index (χ3n) is 3.56. The molecule has 0 N–H and O–H groups in total. The highest BCUT2D eigenvalue weighted by atomic mass is 19.1. The van der Waals surface area contributed by atoms with Crippen LogP contribution >= 0.6 is 0 Å². The highest BCUT2D eigenvalue weighted by Gasteiger charge is 2.23. The molecule has 0 saturated carbocycles. The minimum Gasteiger partial charge on any atom is -0.465 e. The van der Waals surface area contributed by atoms with E-state index >= 15 is 0 Å². The SMILES string of the molecule is COC(=O)c1c(-c2ccc(C)cc2)oc2cc(F)ccc2c1=O. The molecular weight excluding hydrogens is 299 g/mol. The van der Waals surface area contributed by atoms with Gasteiger partial charge in [0.15, 0.2) is 11.3 Å². The van der Waals surface area contributed by atoms with E-state index in [4.69, 9.17) is 9.15 Å². The zero-order valence-electron chi connectivity index (χ0n) is 12.6. The number of esters is 1. The van der Waals surface area contributed by atoms with E-state index in [0.717, 1.165) is 17.7 Å². The molecule has 5 heteroatoms. The molecule has 2 aromatic carbocycles. The lowest BCUT2D eigenvalue weighted by Gasteiger charge is -2.09. The number of methoxy groups -OCH3 is 1. The minimum absolute atomic E-state index is 0.0694. The van der Waals surface area contributed by atoms with Crippen molar-refractivity contribution in [3.63, 3.8) is 0 Å². The number of carbonyl (C=O) groups excluding carboxylic acids is 1. The van der Waals surface area contributed by atoms with Gasteiger partial charge < -0.3 is 9.15 Å². The van der Waals surface area contributed by atoms with E-state index < -0.39 is 17.2 Å². The minimum atomic E-state index is -0.791. The maximum Gasteiger partial charge on any atom is 0.345 e. The first-order valence-corrected chi connectivity index (χ1v) is 6.93. The van der Waals surface area contributed by atoms with Crippen molar-refractivity contribution >= 4 is 16.9 Å². The topological polar surface area (TPSA) is 56.5 Å². The second kappa shape index (κ2) is 5.68. The number of hydrogen-bond acceptors (Lipinski definition) is 4. The van der Waals surface area contributed by atoms with Crippen molar-refractivity contribution in [3.8, 4) is 11.3 Å². The van der Waals surface area contributed by atoms with Crippen LogP contribution in [0.25, 0.3) is 22.3 Å². The normalized spacial score (nSPS) is 10.7. The first-order valence-electron chi connectivity index (χ1n) is 6.93. The van der Waals surface area contributed by atoms with E-state index in [9.17, 15) is 14.0 Å². The van der Waals surface area contributed by atoms with Gasteiger partial charge in [-0.3, -0.25) is 4.79 Å². The molecule has 0 spiro atoms. The van der Waals surface area contributed by atoms with Crippen molar-refractivity contribution in [2.45, 2.75) is 6.92 Å². The first kappa shape index (κ1) is 15.0. The average molecular weight is 312 g/mol. The molecule has 0 amide bonds. The van der Waals surface area contributed by atoms with Crippen LogP contribution in [0.4, 0.5) is 4.39 Å². The number of hydrogen-bond donors (Lipinski definition) is 0. The highest BCUT2D eigenvalue weighted by molar-refractivity contribution is 5.99. The average Bonchev–Trinajstić information content (AvgIpc) is 2.54. The third-order valence-corrected chi connectivity index (χ3v) is 3.56. The van der Waals surface area contributed by atoms with E-state index in [1.165, 1.54) is 13.2 Å². The fraction of sp³-hybridized carbons (Fsp3) is 0.111. The van der Waals surface area contributed by atoms with Crippen molar-refractivity contribution in [2.75, 3.05) is 7.11 Å². The van der Waals surface area contributed by atoms with Gasteiger partial charge in [0, 0.05) is 11.6 Å². The van der Waals surface area contributed by atoms with E-state index in [0.29, 0.717) is 5.56 Å². The second-order valence-corrected chi connectivity index (χ2v) is 5.13. The Labute approximate surface area is 131 Å². The molecule has 3 aromatic rings. The highest BCUT2D eigenvalue weighted by Crippen LogP contribution is 2.27. The van der Waals surface area contributed by atoms with Crippen molar-refractivity contribution in [1.82, 2.24) is 0 Å². The summed E-state index contributed by atoms with van der Waals surface area (Å²) in [6.07, 6.45) is 0. The Morgan fingerprint density at radius 2 is 1.83 bits per heavy atom. The number of fused-ring (bicyclic) bond motifs is 1. The summed E-state index contributed by atoms with van der Waals surface area (Å²) < 4.78 is 23.8. The standard InChI is InChI=1S/C18H13FO4/c1-10-3-5-11(6-4-10)17-15(18(21)22-2)16(20)13-8-7-12(19)9-14(13)23-17/h3-9H,1-2H3. The van der Waals surface area contributed by atoms with Crippen LogP contribution in [0.5, 0.6) is 0 Å². The van der Waals surface area contributed by atoms with E-state index in [1.54, 1.807) is 12.1 Å². The van der Waals surface area contributed by atoms with Gasteiger partial charge in [-0.2, -0.15) is 0 Å². The number of carbonyl (C=O) groups is 1. The van der Waals surface area contributed by atoms with Gasteiger partial charge in [0.1, 0.15) is 11.4 Å². The molecule has 0 aliphatic heterocycles. The fourth-order valence-electron chi connectivity index (χ4n) is 2.36. The summed E-state index contributed by atoms with van der Waals surface area (Å²) in [7, 11) is 1.19. The maximum absolute atomic E-state index is 13.4. The summed E-state index contributed by atoms with van der Waals surface area (Å²) in [6.45, 7) is 1.91. The Balaban J connectivity index is 2.40. The van der Waals surface area contributed by atoms with Gasteiger partial charge in [-0.15, -0.1) is 0 Å². The van der Waals surface area contributed by atoms with Crippen molar-refractivity contribution in [2.24, 2.45) is 0 Å². The van der Waals surface area contributed by atoms with Gasteiger partial charge in [0.2, 0.25) is 5.43 Å². The molecule has 4 nitrogen and oxygen atoms in total. The van der Waals surface area contributed by atoms with Crippen LogP contribution in [0.15, 0.2) is 51.7 Å². The van der Waals surface area contributed by atoms with E-state index in [1.807, 2.05) is 19.1 Å². The van der Waals surface area contributed by atoms with Crippen LogP contribution in [0.2, 0.25) is 0 Å². The number of benzene rings is 2. The van der Waals surface area contributed by atoms with Crippen LogP contribution < -0.4 is 5.43 Å². The molecule has 0 fully saturated rings. The smallest absolute Gasteiger partial charge is 0.345 e. The summed E-state index contributed by atoms with van der Waals surface area (Å²) in [6, 6.07) is 10.7.